The number of nitrogens with zero attached hydrogens (tertiary/aromatic N) is 1. The number of anilines is 1. The van der Waals surface area contributed by atoms with Crippen LogP contribution in [0.4, 0.5) is 18.9 Å². The van der Waals surface area contributed by atoms with Crippen LogP contribution in [0, 0.1) is 0 Å². The van der Waals surface area contributed by atoms with E-state index in [1.807, 2.05) is 13.8 Å². The molecule has 1 unspecified atom stereocenters. The molecule has 0 fully saturated rings. The van der Waals surface area contributed by atoms with E-state index in [-0.39, 0.29) is 17.6 Å². The molecule has 1 aromatic rings. The molecule has 1 atom stereocenters. The quantitative estimate of drug-likeness (QED) is 0.675. The first-order chi connectivity index (χ1) is 9.85. The standard InChI is InChI=1S/C15H21ClF3NO/c1-4-11(2)20(7-8-21-3)14-6-5-12(10-16)9-13(14)15(17,18)19/h5-6,9,11H,4,7-8,10H2,1-3H3. The predicted molar refractivity (Wildman–Crippen MR) is 80.0 cm³/mol. The lowest BCUT2D eigenvalue weighted by atomic mass is 10.1. The Bertz CT molecular complexity index is 451. The lowest BCUT2D eigenvalue weighted by Gasteiger charge is -2.33. The van der Waals surface area contributed by atoms with Crippen LogP contribution < -0.4 is 4.90 Å². The number of benzene rings is 1. The molecule has 0 radical (unpaired) electrons. The Kier molecular flexibility index (Phi) is 6.81. The number of rotatable bonds is 7. The molecule has 0 aliphatic rings. The van der Waals surface area contributed by atoms with Gasteiger partial charge < -0.3 is 9.64 Å². The Morgan fingerprint density at radius 3 is 2.48 bits per heavy atom. The number of alkyl halides is 4. The van der Waals surface area contributed by atoms with E-state index >= 15 is 0 Å². The van der Waals surface area contributed by atoms with Crippen molar-refractivity contribution in [1.29, 1.82) is 0 Å². The minimum Gasteiger partial charge on any atom is -0.383 e. The predicted octanol–water partition coefficient (Wildman–Crippen LogP) is 4.70. The van der Waals surface area contributed by atoms with Gasteiger partial charge in [0.25, 0.3) is 0 Å². The maximum absolute atomic E-state index is 13.3. The van der Waals surface area contributed by atoms with Crippen LogP contribution in [-0.2, 0) is 16.8 Å². The van der Waals surface area contributed by atoms with Crippen molar-refractivity contribution in [2.75, 3.05) is 25.2 Å². The summed E-state index contributed by atoms with van der Waals surface area (Å²) in [5.74, 6) is 0.0603. The van der Waals surface area contributed by atoms with Gasteiger partial charge in [-0.05, 0) is 31.0 Å². The summed E-state index contributed by atoms with van der Waals surface area (Å²) >= 11 is 5.65. The van der Waals surface area contributed by atoms with Gasteiger partial charge in [0.2, 0.25) is 0 Å². The fraction of sp³-hybridized carbons (Fsp3) is 0.600. The van der Waals surface area contributed by atoms with Gasteiger partial charge in [0.15, 0.2) is 0 Å². The molecule has 120 valence electrons. The fourth-order valence-corrected chi connectivity index (χ4v) is 2.30. The van der Waals surface area contributed by atoms with E-state index in [4.69, 9.17) is 16.3 Å². The maximum Gasteiger partial charge on any atom is 0.418 e. The second kappa shape index (κ2) is 7.90. The van der Waals surface area contributed by atoms with Crippen molar-refractivity contribution in [3.8, 4) is 0 Å². The maximum atomic E-state index is 13.3. The Balaban J connectivity index is 3.28. The zero-order chi connectivity index (χ0) is 16.0. The molecular formula is C15H21ClF3NO. The molecule has 0 N–H and O–H groups in total. The summed E-state index contributed by atoms with van der Waals surface area (Å²) in [5.41, 5.74) is 0.00315. The third-order valence-corrected chi connectivity index (χ3v) is 3.80. The second-order valence-electron chi connectivity index (χ2n) is 4.93. The van der Waals surface area contributed by atoms with Crippen molar-refractivity contribution >= 4 is 17.3 Å². The molecule has 21 heavy (non-hydrogen) atoms. The lowest BCUT2D eigenvalue weighted by Crippen LogP contribution is -2.36. The van der Waals surface area contributed by atoms with Crippen LogP contribution in [0.5, 0.6) is 0 Å². The van der Waals surface area contributed by atoms with Gasteiger partial charge in [-0.15, -0.1) is 11.6 Å². The summed E-state index contributed by atoms with van der Waals surface area (Å²) in [6, 6.07) is 4.26. The normalized spacial score (nSPS) is 13.3. The smallest absolute Gasteiger partial charge is 0.383 e. The highest BCUT2D eigenvalue weighted by molar-refractivity contribution is 6.17. The van der Waals surface area contributed by atoms with Crippen LogP contribution in [0.3, 0.4) is 0 Å². The van der Waals surface area contributed by atoms with Gasteiger partial charge in [-0.3, -0.25) is 0 Å². The average Bonchev–Trinajstić information content (AvgIpc) is 2.46. The molecule has 0 saturated carbocycles. The molecule has 0 amide bonds. The first-order valence-electron chi connectivity index (χ1n) is 6.86. The van der Waals surface area contributed by atoms with E-state index in [9.17, 15) is 13.2 Å². The minimum absolute atomic E-state index is 0.0110. The highest BCUT2D eigenvalue weighted by Gasteiger charge is 2.35. The van der Waals surface area contributed by atoms with Crippen LogP contribution in [0.25, 0.3) is 0 Å². The summed E-state index contributed by atoms with van der Waals surface area (Å²) in [7, 11) is 1.54. The third kappa shape index (κ3) is 4.78. The Morgan fingerprint density at radius 2 is 2.00 bits per heavy atom. The monoisotopic (exact) mass is 323 g/mol. The van der Waals surface area contributed by atoms with Gasteiger partial charge in [-0.2, -0.15) is 13.2 Å². The van der Waals surface area contributed by atoms with Crippen LogP contribution in [-0.4, -0.2) is 26.3 Å². The van der Waals surface area contributed by atoms with E-state index in [0.717, 1.165) is 12.5 Å². The van der Waals surface area contributed by atoms with E-state index in [1.165, 1.54) is 13.2 Å². The Labute approximate surface area is 128 Å². The average molecular weight is 324 g/mol. The molecule has 6 heteroatoms. The molecule has 2 nitrogen and oxygen atoms in total. The molecule has 0 bridgehead atoms. The van der Waals surface area contributed by atoms with Crippen LogP contribution >= 0.6 is 11.6 Å². The Morgan fingerprint density at radius 1 is 1.33 bits per heavy atom. The summed E-state index contributed by atoms with van der Waals surface area (Å²) in [4.78, 5) is 1.74. The molecule has 0 spiro atoms. The van der Waals surface area contributed by atoms with Gasteiger partial charge in [0.1, 0.15) is 0 Å². The van der Waals surface area contributed by atoms with Crippen LogP contribution in [0.2, 0.25) is 0 Å². The Hall–Kier alpha value is -0.940. The summed E-state index contributed by atoms with van der Waals surface area (Å²) in [5, 5.41) is 0. The first kappa shape index (κ1) is 18.1. The largest absolute Gasteiger partial charge is 0.418 e. The zero-order valence-electron chi connectivity index (χ0n) is 12.5. The molecule has 1 rings (SSSR count). The van der Waals surface area contributed by atoms with Crippen molar-refractivity contribution in [1.82, 2.24) is 0 Å². The van der Waals surface area contributed by atoms with Crippen LogP contribution in [0.15, 0.2) is 18.2 Å². The van der Waals surface area contributed by atoms with Crippen molar-refractivity contribution in [2.45, 2.75) is 38.4 Å². The van der Waals surface area contributed by atoms with E-state index < -0.39 is 11.7 Å². The van der Waals surface area contributed by atoms with Gasteiger partial charge in [0, 0.05) is 31.3 Å². The van der Waals surface area contributed by atoms with Crippen molar-refractivity contribution in [3.63, 3.8) is 0 Å². The zero-order valence-corrected chi connectivity index (χ0v) is 13.3. The highest BCUT2D eigenvalue weighted by Crippen LogP contribution is 2.38. The number of methoxy groups -OCH3 is 1. The van der Waals surface area contributed by atoms with Crippen molar-refractivity contribution in [2.24, 2.45) is 0 Å². The molecule has 0 aliphatic heterocycles. The van der Waals surface area contributed by atoms with Gasteiger partial charge in [-0.1, -0.05) is 13.0 Å². The summed E-state index contributed by atoms with van der Waals surface area (Å²) < 4.78 is 45.0. The third-order valence-electron chi connectivity index (χ3n) is 3.49. The number of hydrogen-bond donors (Lipinski definition) is 0. The molecule has 0 aliphatic carbocycles. The fourth-order valence-electron chi connectivity index (χ4n) is 2.13. The summed E-state index contributed by atoms with van der Waals surface area (Å²) in [6.07, 6.45) is -3.66. The molecule has 0 heterocycles. The SMILES string of the molecule is CCC(C)N(CCOC)c1ccc(CCl)cc1C(F)(F)F. The molecular weight excluding hydrogens is 303 g/mol. The van der Waals surface area contributed by atoms with E-state index in [2.05, 4.69) is 0 Å². The molecule has 0 saturated heterocycles. The highest BCUT2D eigenvalue weighted by atomic mass is 35.5. The number of halogens is 4. The topological polar surface area (TPSA) is 12.5 Å². The van der Waals surface area contributed by atoms with E-state index in [0.29, 0.717) is 18.7 Å². The van der Waals surface area contributed by atoms with Crippen molar-refractivity contribution < 1.29 is 17.9 Å². The minimum atomic E-state index is -4.41. The summed E-state index contributed by atoms with van der Waals surface area (Å²) in [6.45, 7) is 4.64. The molecule has 1 aromatic carbocycles. The van der Waals surface area contributed by atoms with Gasteiger partial charge in [0.05, 0.1) is 12.2 Å². The first-order valence-corrected chi connectivity index (χ1v) is 7.40. The van der Waals surface area contributed by atoms with Crippen molar-refractivity contribution in [3.05, 3.63) is 29.3 Å². The van der Waals surface area contributed by atoms with Gasteiger partial charge in [-0.25, -0.2) is 0 Å². The van der Waals surface area contributed by atoms with Crippen LogP contribution in [0.1, 0.15) is 31.4 Å². The molecule has 0 aromatic heterocycles. The van der Waals surface area contributed by atoms with E-state index in [1.54, 1.807) is 11.0 Å². The van der Waals surface area contributed by atoms with Gasteiger partial charge >= 0.3 is 6.18 Å². The lowest BCUT2D eigenvalue weighted by molar-refractivity contribution is -0.137. The number of hydrogen-bond acceptors (Lipinski definition) is 2. The number of ether oxygens (including phenoxy) is 1. The second-order valence-corrected chi connectivity index (χ2v) is 5.19.